The van der Waals surface area contributed by atoms with Gasteiger partial charge in [-0.15, -0.1) is 5.10 Å². The van der Waals surface area contributed by atoms with Crippen molar-refractivity contribution in [2.45, 2.75) is 44.1 Å². The van der Waals surface area contributed by atoms with E-state index in [1.807, 2.05) is 69.3 Å². The fourth-order valence-corrected chi connectivity index (χ4v) is 3.80. The molecule has 6 nitrogen and oxygen atoms in total. The van der Waals surface area contributed by atoms with E-state index in [0.29, 0.717) is 18.1 Å². The van der Waals surface area contributed by atoms with Crippen LogP contribution >= 0.6 is 11.8 Å². The summed E-state index contributed by atoms with van der Waals surface area (Å²) >= 11 is 1.39. The summed E-state index contributed by atoms with van der Waals surface area (Å²) in [7, 11) is 0. The lowest BCUT2D eigenvalue weighted by atomic mass is 10.1. The molecule has 0 aliphatic heterocycles. The molecule has 0 spiro atoms. The molecule has 1 unspecified atom stereocenters. The molecule has 0 saturated carbocycles. The van der Waals surface area contributed by atoms with Crippen LogP contribution in [0.1, 0.15) is 30.0 Å². The maximum Gasteiger partial charge on any atom is 0.233 e. The van der Waals surface area contributed by atoms with E-state index in [-0.39, 0.29) is 11.2 Å². The Bertz CT molecular complexity index is 889. The smallest absolute Gasteiger partial charge is 0.233 e. The largest absolute Gasteiger partial charge is 0.351 e. The van der Waals surface area contributed by atoms with Crippen molar-refractivity contribution in [3.8, 4) is 5.69 Å². The third kappa shape index (κ3) is 4.54. The zero-order valence-corrected chi connectivity index (χ0v) is 16.5. The summed E-state index contributed by atoms with van der Waals surface area (Å²) in [4.78, 5) is 12.6. The number of thioether (sulfide) groups is 1. The Hall–Kier alpha value is -2.67. The molecule has 1 N–H and O–H groups in total. The summed E-state index contributed by atoms with van der Waals surface area (Å²) in [5.74, 6) is -0.0117. The molecular formula is C20H23N5OS. The van der Waals surface area contributed by atoms with Gasteiger partial charge in [0.05, 0.1) is 10.9 Å². The number of rotatable bonds is 7. The van der Waals surface area contributed by atoms with E-state index in [0.717, 1.165) is 22.4 Å². The van der Waals surface area contributed by atoms with E-state index >= 15 is 0 Å². The molecule has 27 heavy (non-hydrogen) atoms. The molecule has 0 radical (unpaired) electrons. The molecule has 1 atom stereocenters. The number of carbonyl (C=O) groups is 1. The number of tetrazole rings is 1. The van der Waals surface area contributed by atoms with Crippen molar-refractivity contribution in [2.24, 2.45) is 0 Å². The van der Waals surface area contributed by atoms with Crippen LogP contribution in [0.5, 0.6) is 0 Å². The molecule has 3 aromatic rings. The normalized spacial score (nSPS) is 12.0. The molecule has 7 heteroatoms. The van der Waals surface area contributed by atoms with Crippen LogP contribution in [0.15, 0.2) is 53.7 Å². The van der Waals surface area contributed by atoms with Crippen molar-refractivity contribution in [3.05, 3.63) is 65.2 Å². The molecule has 3 rings (SSSR count). The molecule has 1 amide bonds. The molecule has 0 saturated heterocycles. The van der Waals surface area contributed by atoms with E-state index in [9.17, 15) is 4.79 Å². The minimum Gasteiger partial charge on any atom is -0.351 e. The first-order valence-electron chi connectivity index (χ1n) is 8.93. The van der Waals surface area contributed by atoms with Gasteiger partial charge in [-0.05, 0) is 47.4 Å². The number of hydrogen-bond acceptors (Lipinski definition) is 5. The van der Waals surface area contributed by atoms with Gasteiger partial charge in [0.2, 0.25) is 11.1 Å². The third-order valence-electron chi connectivity index (χ3n) is 4.31. The second kappa shape index (κ2) is 8.81. The van der Waals surface area contributed by atoms with Crippen LogP contribution in [0.3, 0.4) is 0 Å². The lowest BCUT2D eigenvalue weighted by Gasteiger charge is -2.15. The molecule has 140 valence electrons. The number of carbonyl (C=O) groups excluding carboxylic acids is 1. The zero-order chi connectivity index (χ0) is 19.2. The molecule has 0 aliphatic rings. The van der Waals surface area contributed by atoms with Gasteiger partial charge in [-0.25, -0.2) is 0 Å². The van der Waals surface area contributed by atoms with Crippen LogP contribution in [-0.2, 0) is 11.3 Å². The van der Waals surface area contributed by atoms with E-state index in [2.05, 4.69) is 20.8 Å². The summed E-state index contributed by atoms with van der Waals surface area (Å²) < 4.78 is 1.72. The molecule has 0 aliphatic carbocycles. The number of para-hydroxylation sites is 1. The Balaban J connectivity index is 1.74. The van der Waals surface area contributed by atoms with Gasteiger partial charge in [-0.3, -0.25) is 4.79 Å². The van der Waals surface area contributed by atoms with Crippen molar-refractivity contribution in [3.63, 3.8) is 0 Å². The summed E-state index contributed by atoms with van der Waals surface area (Å²) in [6.45, 7) is 6.57. The molecular weight excluding hydrogens is 358 g/mol. The SMILES string of the molecule is CCC(Sc1nnnn1-c1c(C)cccc1C)C(=O)NCc1ccccc1. The number of hydrogen-bond donors (Lipinski definition) is 1. The standard InChI is InChI=1S/C20H23N5OS/c1-4-17(19(26)21-13-16-11-6-5-7-12-16)27-20-22-23-24-25(20)18-14(2)9-8-10-15(18)3/h5-12,17H,4,13H2,1-3H3,(H,21,26). The zero-order valence-electron chi connectivity index (χ0n) is 15.7. The number of aromatic nitrogens is 4. The van der Waals surface area contributed by atoms with Gasteiger partial charge >= 0.3 is 0 Å². The number of benzene rings is 2. The van der Waals surface area contributed by atoms with Gasteiger partial charge < -0.3 is 5.32 Å². The first-order valence-corrected chi connectivity index (χ1v) is 9.81. The molecule has 2 aromatic carbocycles. The molecule has 0 fully saturated rings. The summed E-state index contributed by atoms with van der Waals surface area (Å²) in [6.07, 6.45) is 0.685. The lowest BCUT2D eigenvalue weighted by molar-refractivity contribution is -0.120. The highest BCUT2D eigenvalue weighted by atomic mass is 32.2. The van der Waals surface area contributed by atoms with Crippen molar-refractivity contribution in [1.82, 2.24) is 25.5 Å². The average molecular weight is 382 g/mol. The minimum atomic E-state index is -0.261. The van der Waals surface area contributed by atoms with Gasteiger partial charge in [-0.1, -0.05) is 67.2 Å². The molecule has 1 aromatic heterocycles. The van der Waals surface area contributed by atoms with E-state index in [4.69, 9.17) is 0 Å². The third-order valence-corrected chi connectivity index (χ3v) is 5.61. The van der Waals surface area contributed by atoms with Crippen molar-refractivity contribution in [2.75, 3.05) is 0 Å². The summed E-state index contributed by atoms with van der Waals surface area (Å²) in [6, 6.07) is 16.0. The van der Waals surface area contributed by atoms with E-state index in [1.165, 1.54) is 11.8 Å². The van der Waals surface area contributed by atoms with Crippen molar-refractivity contribution in [1.29, 1.82) is 0 Å². The van der Waals surface area contributed by atoms with E-state index in [1.54, 1.807) is 4.68 Å². The van der Waals surface area contributed by atoms with Gasteiger partial charge in [-0.2, -0.15) is 4.68 Å². The second-order valence-electron chi connectivity index (χ2n) is 6.33. The van der Waals surface area contributed by atoms with Crippen LogP contribution in [0, 0.1) is 13.8 Å². The Morgan fingerprint density at radius 1 is 1.11 bits per heavy atom. The fraction of sp³-hybridized carbons (Fsp3) is 0.300. The quantitative estimate of drug-likeness (QED) is 0.635. The van der Waals surface area contributed by atoms with Gasteiger partial charge in [0.1, 0.15) is 0 Å². The van der Waals surface area contributed by atoms with Crippen LogP contribution in [0.2, 0.25) is 0 Å². The average Bonchev–Trinajstić information content (AvgIpc) is 3.12. The van der Waals surface area contributed by atoms with Crippen molar-refractivity contribution < 1.29 is 4.79 Å². The van der Waals surface area contributed by atoms with Crippen molar-refractivity contribution >= 4 is 17.7 Å². The first-order chi connectivity index (χ1) is 13.1. The second-order valence-corrected chi connectivity index (χ2v) is 7.50. The maximum atomic E-state index is 12.6. The Morgan fingerprint density at radius 3 is 2.48 bits per heavy atom. The van der Waals surface area contributed by atoms with Gasteiger partial charge in [0.15, 0.2) is 0 Å². The monoisotopic (exact) mass is 381 g/mol. The Kier molecular flexibility index (Phi) is 6.24. The minimum absolute atomic E-state index is 0.0117. The number of aryl methyl sites for hydroxylation is 2. The van der Waals surface area contributed by atoms with E-state index < -0.39 is 0 Å². The lowest BCUT2D eigenvalue weighted by Crippen LogP contribution is -2.32. The topological polar surface area (TPSA) is 72.7 Å². The van der Waals surface area contributed by atoms with Gasteiger partial charge in [0, 0.05) is 6.54 Å². The Morgan fingerprint density at radius 2 is 1.81 bits per heavy atom. The van der Waals surface area contributed by atoms with Crippen LogP contribution in [-0.4, -0.2) is 31.4 Å². The maximum absolute atomic E-state index is 12.6. The van der Waals surface area contributed by atoms with Gasteiger partial charge in [0.25, 0.3) is 0 Å². The number of nitrogens with zero attached hydrogens (tertiary/aromatic N) is 4. The predicted molar refractivity (Wildman–Crippen MR) is 107 cm³/mol. The van der Waals surface area contributed by atoms with Crippen LogP contribution in [0.4, 0.5) is 0 Å². The highest BCUT2D eigenvalue weighted by molar-refractivity contribution is 8.00. The highest BCUT2D eigenvalue weighted by Crippen LogP contribution is 2.27. The number of nitrogens with one attached hydrogen (secondary N) is 1. The molecule has 1 heterocycles. The summed E-state index contributed by atoms with van der Waals surface area (Å²) in [5, 5.41) is 15.5. The summed E-state index contributed by atoms with van der Waals surface area (Å²) in [5.41, 5.74) is 4.21. The highest BCUT2D eigenvalue weighted by Gasteiger charge is 2.22. The Labute approximate surface area is 163 Å². The predicted octanol–water partition coefficient (Wildman–Crippen LogP) is 3.47. The van der Waals surface area contributed by atoms with Crippen LogP contribution in [0.25, 0.3) is 5.69 Å². The molecule has 0 bridgehead atoms. The van der Waals surface area contributed by atoms with Crippen LogP contribution < -0.4 is 5.32 Å². The fourth-order valence-electron chi connectivity index (χ4n) is 2.88. The first kappa shape index (κ1) is 19.1. The number of amides is 1.